The van der Waals surface area contributed by atoms with E-state index in [4.69, 9.17) is 9.47 Å². The molecule has 2 rings (SSSR count). The molecule has 0 fully saturated rings. The zero-order valence-corrected chi connectivity index (χ0v) is 13.0. The number of ether oxygens (including phenoxy) is 2. The number of carbonyl (C=O) groups is 1. The Morgan fingerprint density at radius 2 is 1.64 bits per heavy atom. The summed E-state index contributed by atoms with van der Waals surface area (Å²) in [6.45, 7) is 2.48. The number of carbonyl (C=O) groups excluding carboxylic acids is 1. The Kier molecular flexibility index (Phi) is 5.83. The number of para-hydroxylation sites is 2. The highest BCUT2D eigenvalue weighted by molar-refractivity contribution is 5.77. The van der Waals surface area contributed by atoms with Gasteiger partial charge in [-0.05, 0) is 24.1 Å². The number of nitrogens with one attached hydrogen (secondary N) is 1. The Morgan fingerprint density at radius 3 is 2.32 bits per heavy atom. The van der Waals surface area contributed by atoms with E-state index in [0.29, 0.717) is 6.54 Å². The number of methoxy groups -OCH3 is 1. The van der Waals surface area contributed by atoms with Gasteiger partial charge in [-0.1, -0.05) is 43.3 Å². The second-order valence-electron chi connectivity index (χ2n) is 4.84. The molecule has 0 aliphatic heterocycles. The fourth-order valence-electron chi connectivity index (χ4n) is 2.17. The van der Waals surface area contributed by atoms with Crippen LogP contribution in [0.4, 0.5) is 0 Å². The first-order chi connectivity index (χ1) is 10.7. The summed E-state index contributed by atoms with van der Waals surface area (Å²) in [5.74, 6) is 1.37. The summed E-state index contributed by atoms with van der Waals surface area (Å²) >= 11 is 0. The van der Waals surface area contributed by atoms with Gasteiger partial charge >= 0.3 is 0 Å². The van der Waals surface area contributed by atoms with Crippen molar-refractivity contribution in [1.82, 2.24) is 5.32 Å². The van der Waals surface area contributed by atoms with Gasteiger partial charge in [0.15, 0.2) is 6.61 Å². The third kappa shape index (κ3) is 4.25. The average Bonchev–Trinajstić information content (AvgIpc) is 2.58. The van der Waals surface area contributed by atoms with Crippen LogP contribution < -0.4 is 14.8 Å². The number of rotatable bonds is 7. The summed E-state index contributed by atoms with van der Waals surface area (Å²) in [5.41, 5.74) is 2.03. The summed E-state index contributed by atoms with van der Waals surface area (Å²) in [6.07, 6.45) is 0.874. The van der Waals surface area contributed by atoms with Gasteiger partial charge < -0.3 is 14.8 Å². The van der Waals surface area contributed by atoms with Gasteiger partial charge in [-0.15, -0.1) is 0 Å². The number of amides is 1. The van der Waals surface area contributed by atoms with Crippen molar-refractivity contribution in [2.45, 2.75) is 19.9 Å². The molecule has 1 N–H and O–H groups in total. The van der Waals surface area contributed by atoms with Gasteiger partial charge in [0.2, 0.25) is 0 Å². The first kappa shape index (κ1) is 15.9. The van der Waals surface area contributed by atoms with E-state index < -0.39 is 0 Å². The fourth-order valence-corrected chi connectivity index (χ4v) is 2.17. The fraction of sp³-hybridized carbons (Fsp3) is 0.278. The van der Waals surface area contributed by atoms with Crippen molar-refractivity contribution in [3.8, 4) is 11.5 Å². The van der Waals surface area contributed by atoms with Gasteiger partial charge in [-0.25, -0.2) is 0 Å². The lowest BCUT2D eigenvalue weighted by Crippen LogP contribution is -2.28. The maximum atomic E-state index is 11.9. The third-order valence-electron chi connectivity index (χ3n) is 3.38. The highest BCUT2D eigenvalue weighted by atomic mass is 16.5. The van der Waals surface area contributed by atoms with E-state index in [1.165, 1.54) is 0 Å². The molecular formula is C18H21NO3. The molecule has 0 bridgehead atoms. The van der Waals surface area contributed by atoms with Crippen molar-refractivity contribution >= 4 is 5.91 Å². The Hall–Kier alpha value is -2.49. The summed E-state index contributed by atoms with van der Waals surface area (Å²) < 4.78 is 10.8. The van der Waals surface area contributed by atoms with Crippen LogP contribution in [0.2, 0.25) is 0 Å². The van der Waals surface area contributed by atoms with Gasteiger partial charge in [0.05, 0.1) is 7.11 Å². The van der Waals surface area contributed by atoms with Crippen LogP contribution in [0.3, 0.4) is 0 Å². The summed E-state index contributed by atoms with van der Waals surface area (Å²) in [6, 6.07) is 15.4. The van der Waals surface area contributed by atoms with E-state index in [0.717, 1.165) is 29.0 Å². The lowest BCUT2D eigenvalue weighted by atomic mass is 10.1. The van der Waals surface area contributed by atoms with Crippen molar-refractivity contribution in [1.29, 1.82) is 0 Å². The van der Waals surface area contributed by atoms with Crippen molar-refractivity contribution in [3.05, 3.63) is 59.7 Å². The van der Waals surface area contributed by atoms with Gasteiger partial charge in [-0.3, -0.25) is 4.79 Å². The van der Waals surface area contributed by atoms with E-state index in [9.17, 15) is 4.79 Å². The first-order valence-electron chi connectivity index (χ1n) is 7.34. The molecule has 116 valence electrons. The number of hydrogen-bond donors (Lipinski definition) is 1. The molecule has 0 heterocycles. The normalized spacial score (nSPS) is 10.1. The van der Waals surface area contributed by atoms with E-state index in [1.54, 1.807) is 7.11 Å². The molecule has 0 saturated carbocycles. The minimum Gasteiger partial charge on any atom is -0.496 e. The van der Waals surface area contributed by atoms with Gasteiger partial charge in [0.1, 0.15) is 11.5 Å². The first-order valence-corrected chi connectivity index (χ1v) is 7.34. The van der Waals surface area contributed by atoms with E-state index in [1.807, 2.05) is 48.5 Å². The number of aryl methyl sites for hydroxylation is 1. The van der Waals surface area contributed by atoms with Gasteiger partial charge in [0.25, 0.3) is 5.91 Å². The molecule has 0 saturated heterocycles. The zero-order valence-electron chi connectivity index (χ0n) is 13.0. The van der Waals surface area contributed by atoms with Crippen LogP contribution in [0.5, 0.6) is 11.5 Å². The Morgan fingerprint density at radius 1 is 1.00 bits per heavy atom. The van der Waals surface area contributed by atoms with E-state index in [-0.39, 0.29) is 12.5 Å². The van der Waals surface area contributed by atoms with Crippen LogP contribution in [-0.2, 0) is 17.8 Å². The predicted octanol–water partition coefficient (Wildman–Crippen LogP) is 2.95. The van der Waals surface area contributed by atoms with Gasteiger partial charge in [-0.2, -0.15) is 0 Å². The molecule has 0 unspecified atom stereocenters. The summed E-state index contributed by atoms with van der Waals surface area (Å²) in [7, 11) is 1.62. The highest BCUT2D eigenvalue weighted by Gasteiger charge is 2.07. The van der Waals surface area contributed by atoms with E-state index >= 15 is 0 Å². The molecule has 2 aromatic rings. The molecular weight excluding hydrogens is 278 g/mol. The molecule has 4 nitrogen and oxygen atoms in total. The number of hydrogen-bond acceptors (Lipinski definition) is 3. The quantitative estimate of drug-likeness (QED) is 0.855. The topological polar surface area (TPSA) is 47.6 Å². The maximum Gasteiger partial charge on any atom is 0.258 e. The Balaban J connectivity index is 1.86. The molecule has 2 aromatic carbocycles. The second-order valence-corrected chi connectivity index (χ2v) is 4.84. The molecule has 0 spiro atoms. The summed E-state index contributed by atoms with van der Waals surface area (Å²) in [5, 5.41) is 2.84. The van der Waals surface area contributed by atoms with Crippen molar-refractivity contribution in [3.63, 3.8) is 0 Å². The second kappa shape index (κ2) is 8.08. The van der Waals surface area contributed by atoms with Crippen molar-refractivity contribution in [2.24, 2.45) is 0 Å². The largest absolute Gasteiger partial charge is 0.496 e. The van der Waals surface area contributed by atoms with Crippen LogP contribution in [0.15, 0.2) is 48.5 Å². The minimum atomic E-state index is -0.156. The van der Waals surface area contributed by atoms with Gasteiger partial charge in [0, 0.05) is 12.1 Å². The lowest BCUT2D eigenvalue weighted by molar-refractivity contribution is -0.123. The van der Waals surface area contributed by atoms with Crippen LogP contribution in [-0.4, -0.2) is 19.6 Å². The average molecular weight is 299 g/mol. The molecule has 4 heteroatoms. The number of benzene rings is 2. The monoisotopic (exact) mass is 299 g/mol. The van der Waals surface area contributed by atoms with Crippen LogP contribution >= 0.6 is 0 Å². The van der Waals surface area contributed by atoms with Crippen LogP contribution in [0.1, 0.15) is 18.1 Å². The SMILES string of the molecule is CCc1ccccc1OCC(=O)NCc1ccccc1OC. The zero-order chi connectivity index (χ0) is 15.8. The summed E-state index contributed by atoms with van der Waals surface area (Å²) in [4.78, 5) is 11.9. The third-order valence-corrected chi connectivity index (χ3v) is 3.38. The Labute approximate surface area is 131 Å². The van der Waals surface area contributed by atoms with Crippen molar-refractivity contribution in [2.75, 3.05) is 13.7 Å². The molecule has 1 amide bonds. The van der Waals surface area contributed by atoms with Crippen LogP contribution in [0, 0.1) is 0 Å². The lowest BCUT2D eigenvalue weighted by Gasteiger charge is -2.12. The molecule has 0 aliphatic carbocycles. The highest BCUT2D eigenvalue weighted by Crippen LogP contribution is 2.18. The molecule has 0 radical (unpaired) electrons. The smallest absolute Gasteiger partial charge is 0.258 e. The molecule has 22 heavy (non-hydrogen) atoms. The molecule has 0 aromatic heterocycles. The maximum absolute atomic E-state index is 11.9. The van der Waals surface area contributed by atoms with Crippen molar-refractivity contribution < 1.29 is 14.3 Å². The minimum absolute atomic E-state index is 0.00611. The molecule has 0 aliphatic rings. The standard InChI is InChI=1S/C18H21NO3/c1-3-14-8-4-7-11-17(14)22-13-18(20)19-12-15-9-5-6-10-16(15)21-2/h4-11H,3,12-13H2,1-2H3,(H,19,20). The van der Waals surface area contributed by atoms with Crippen LogP contribution in [0.25, 0.3) is 0 Å². The molecule has 0 atom stereocenters. The van der Waals surface area contributed by atoms with E-state index in [2.05, 4.69) is 12.2 Å². The Bertz CT molecular complexity index is 572. The predicted molar refractivity (Wildman–Crippen MR) is 86.2 cm³/mol.